The van der Waals surface area contributed by atoms with E-state index in [1.54, 1.807) is 0 Å². The van der Waals surface area contributed by atoms with Gasteiger partial charge in [0.05, 0.1) is 49.0 Å². The second-order valence-electron chi connectivity index (χ2n) is 16.1. The summed E-state index contributed by atoms with van der Waals surface area (Å²) in [4.78, 5) is 58.0. The Kier molecular flexibility index (Phi) is 13.7. The molecule has 0 saturated carbocycles. The fraction of sp³-hybridized carbons (Fsp3) is 0.463. The average molecular weight is 965 g/mol. The van der Waals surface area contributed by atoms with Gasteiger partial charge in [-0.3, -0.25) is 13.8 Å². The first-order valence-electron chi connectivity index (χ1n) is 20.2. The maximum Gasteiger partial charge on any atom is 0.360 e. The summed E-state index contributed by atoms with van der Waals surface area (Å²) in [7, 11) is -2.92. The molecule has 0 bridgehead atoms. The highest BCUT2D eigenvalue weighted by molar-refractivity contribution is 7.80. The monoisotopic (exact) mass is 964 g/mol. The van der Waals surface area contributed by atoms with Crippen molar-refractivity contribution >= 4 is 33.9 Å². The highest BCUT2D eigenvalue weighted by atomic mass is 32.3. The number of carboxylic acids is 1. The van der Waals surface area contributed by atoms with Gasteiger partial charge in [0.25, 0.3) is 0 Å². The molecule has 10 N–H and O–H groups in total. The summed E-state index contributed by atoms with van der Waals surface area (Å²) >= 11 is 0. The van der Waals surface area contributed by atoms with Gasteiger partial charge in [-0.1, -0.05) is 6.07 Å². The molecule has 3 aromatic carbocycles. The van der Waals surface area contributed by atoms with Crippen LogP contribution in [0.1, 0.15) is 84.9 Å². The lowest BCUT2D eigenvalue weighted by Crippen LogP contribution is -2.66. The molecule has 4 aliphatic rings. The fourth-order valence-electron chi connectivity index (χ4n) is 8.70. The van der Waals surface area contributed by atoms with E-state index in [1.165, 1.54) is 34.1 Å². The lowest BCUT2D eigenvalue weighted by atomic mass is 9.74. The van der Waals surface area contributed by atoms with Gasteiger partial charge in [-0.15, -0.1) is 5.48 Å². The maximum absolute atomic E-state index is 14.1. The minimum atomic E-state index is -5.57. The number of hydrogen-bond donors (Lipinski definition) is 10. The number of likely N-dealkylation sites (N-methyl/N-ethyl adjacent to an activating group) is 1. The number of fused-ring (bicyclic) bond motifs is 5. The lowest BCUT2D eigenvalue weighted by molar-refractivity contribution is -0.349. The van der Waals surface area contributed by atoms with Gasteiger partial charge in [-0.2, -0.15) is 0 Å². The third-order valence-corrected chi connectivity index (χ3v) is 12.4. The number of rotatable bonds is 13. The number of benzene rings is 3. The molecule has 0 aromatic heterocycles. The number of aliphatic hydroxyl groups is 5. The number of phenolic OH excluding ortho intramolecular Hbond substituents is 3. The molecule has 0 spiro atoms. The molecule has 26 heteroatoms. The SMILES string of the molecule is CN[C@@H]1C(O[C@@H]2O[C@H](CO)[C@@H](O)[C@H](OS(=O)(=O)[O-])[C@H]2O)[C@@H](O)[C@H](OC2c3cc(C)c(C(=O)ON[C@@H](C)C(=O)[O-])c(O)c3-c3c(cc4c(c3O)C(=O)c3cc(OC)cc(O)c3C4=O)[C@@H]2O)O[C@@H]1C. The molecule has 13 atom stereocenters. The third-order valence-electron chi connectivity index (χ3n) is 12.0. The number of hydroxylamine groups is 1. The van der Waals surface area contributed by atoms with E-state index in [1.807, 2.05) is 5.48 Å². The average Bonchev–Trinajstić information content (AvgIpc) is 3.26. The predicted molar refractivity (Wildman–Crippen MR) is 214 cm³/mol. The first kappa shape index (κ1) is 49.5. The Balaban J connectivity index is 1.33. The van der Waals surface area contributed by atoms with Gasteiger partial charge in [0.15, 0.2) is 24.1 Å². The molecule has 7 rings (SSSR count). The molecule has 2 fully saturated rings. The van der Waals surface area contributed by atoms with Crippen LogP contribution in [-0.2, 0) is 43.2 Å². The Bertz CT molecular complexity index is 2620. The molecule has 67 heavy (non-hydrogen) atoms. The maximum atomic E-state index is 14.1. The molecule has 25 nitrogen and oxygen atoms in total. The number of phenols is 3. The number of hydrogen-bond acceptors (Lipinski definition) is 25. The first-order chi connectivity index (χ1) is 31.4. The Morgan fingerprint density at radius 3 is 2.07 bits per heavy atom. The fourth-order valence-corrected chi connectivity index (χ4v) is 9.20. The van der Waals surface area contributed by atoms with Gasteiger partial charge >= 0.3 is 5.97 Å². The number of aliphatic carboxylic acids is 1. The Labute approximate surface area is 378 Å². The van der Waals surface area contributed by atoms with Gasteiger partial charge in [-0.25, -0.2) is 13.2 Å². The molecule has 2 heterocycles. The normalized spacial score (nSPS) is 29.5. The van der Waals surface area contributed by atoms with Gasteiger partial charge < -0.3 is 89.1 Å². The van der Waals surface area contributed by atoms with Crippen LogP contribution in [0.5, 0.6) is 23.0 Å². The van der Waals surface area contributed by atoms with Crippen molar-refractivity contribution in [3.05, 3.63) is 68.8 Å². The molecule has 2 aliphatic heterocycles. The number of aromatic hydroxyl groups is 3. The largest absolute Gasteiger partial charge is 0.726 e. The van der Waals surface area contributed by atoms with Crippen molar-refractivity contribution < 1.29 is 111 Å². The van der Waals surface area contributed by atoms with E-state index in [-0.39, 0.29) is 22.4 Å². The Morgan fingerprint density at radius 2 is 1.46 bits per heavy atom. The van der Waals surface area contributed by atoms with E-state index in [2.05, 4.69) is 9.50 Å². The zero-order chi connectivity index (χ0) is 49.3. The summed E-state index contributed by atoms with van der Waals surface area (Å²) in [6.07, 6.45) is -20.7. The van der Waals surface area contributed by atoms with E-state index in [0.717, 1.165) is 25.1 Å². The van der Waals surface area contributed by atoms with E-state index < -0.39 is 176 Å². The first-order valence-corrected chi connectivity index (χ1v) is 21.5. The van der Waals surface area contributed by atoms with Gasteiger partial charge in [0.1, 0.15) is 77.4 Å². The van der Waals surface area contributed by atoms with Crippen molar-refractivity contribution in [3.63, 3.8) is 0 Å². The summed E-state index contributed by atoms with van der Waals surface area (Å²) < 4.78 is 67.7. The van der Waals surface area contributed by atoms with Crippen molar-refractivity contribution in [1.29, 1.82) is 0 Å². The van der Waals surface area contributed by atoms with Crippen LogP contribution in [-0.4, -0.2) is 165 Å². The molecule has 2 aliphatic carbocycles. The van der Waals surface area contributed by atoms with E-state index in [4.69, 9.17) is 28.5 Å². The summed E-state index contributed by atoms with van der Waals surface area (Å²) in [6, 6.07) is 1.79. The number of aliphatic hydroxyl groups excluding tert-OH is 5. The second kappa shape index (κ2) is 18.6. The van der Waals surface area contributed by atoms with Crippen LogP contribution in [0.2, 0.25) is 0 Å². The van der Waals surface area contributed by atoms with Crippen LogP contribution >= 0.6 is 0 Å². The number of ether oxygens (including phenoxy) is 5. The molecule has 2 saturated heterocycles. The minimum Gasteiger partial charge on any atom is -0.726 e. The standard InChI is InChI=1S/C41H46N2O23S/c1-11-6-18-24(31(50)21(11)39(56)65-43-12(2)38(54)55)23-16(9-17-25(32(23)51)28(47)15-7-14(60-5)8-19(45)22(15)27(17)46)29(48)35(18)63-40-33(52)36(26(42-4)13(3)61-40)64-41-34(53)37(66-67(57,58)59)30(49)20(10-44)62-41/h6-9,12-13,20,26,29-30,33-37,40-45,48-53H,10H2,1-5H3,(H,54,55)(H,57,58,59)/p-2/t12-,13+,20+,26-,29-,30+,33+,34+,35?,36?,37-,40-,41-/m0/s1. The Hall–Kier alpha value is -5.43. The number of carbonyl (C=O) groups is 4. The highest BCUT2D eigenvalue weighted by Crippen LogP contribution is 2.57. The van der Waals surface area contributed by atoms with Crippen molar-refractivity contribution in [1.82, 2.24) is 10.8 Å². The zero-order valence-corrected chi connectivity index (χ0v) is 36.4. The summed E-state index contributed by atoms with van der Waals surface area (Å²) in [5, 5.41) is 105. The molecule has 0 amide bonds. The second-order valence-corrected chi connectivity index (χ2v) is 17.1. The van der Waals surface area contributed by atoms with Crippen LogP contribution in [0.3, 0.4) is 0 Å². The summed E-state index contributed by atoms with van der Waals surface area (Å²) in [5.41, 5.74) is -2.47. The number of nitrogens with one attached hydrogen (secondary N) is 2. The van der Waals surface area contributed by atoms with Crippen molar-refractivity contribution in [2.45, 2.75) is 100 Å². The topological polar surface area (TPSA) is 399 Å². The number of methoxy groups -OCH3 is 1. The van der Waals surface area contributed by atoms with Gasteiger partial charge in [0, 0.05) is 28.3 Å². The molecule has 364 valence electrons. The van der Waals surface area contributed by atoms with Gasteiger partial charge in [-0.05, 0) is 56.6 Å². The lowest BCUT2D eigenvalue weighted by Gasteiger charge is -2.48. The number of ketones is 2. The van der Waals surface area contributed by atoms with Crippen LogP contribution in [0.15, 0.2) is 24.3 Å². The van der Waals surface area contributed by atoms with Crippen molar-refractivity contribution in [3.8, 4) is 34.1 Å². The van der Waals surface area contributed by atoms with Crippen LogP contribution in [0.4, 0.5) is 0 Å². The van der Waals surface area contributed by atoms with Crippen molar-refractivity contribution in [2.24, 2.45) is 0 Å². The zero-order valence-electron chi connectivity index (χ0n) is 35.6. The quantitative estimate of drug-likeness (QED) is 0.0359. The number of aryl methyl sites for hydroxylation is 1. The predicted octanol–water partition coefficient (Wildman–Crippen LogP) is -3.17. The van der Waals surface area contributed by atoms with Crippen LogP contribution in [0, 0.1) is 6.92 Å². The number of carbonyl (C=O) groups excluding carboxylic acids is 4. The van der Waals surface area contributed by atoms with E-state index >= 15 is 0 Å². The summed E-state index contributed by atoms with van der Waals surface area (Å²) in [5.74, 6) is -7.69. The van der Waals surface area contributed by atoms with Crippen LogP contribution in [0.25, 0.3) is 11.1 Å². The molecule has 3 aromatic rings. The van der Waals surface area contributed by atoms with Gasteiger partial charge in [0.2, 0.25) is 10.4 Å². The Morgan fingerprint density at radius 1 is 0.851 bits per heavy atom. The minimum absolute atomic E-state index is 0.0319. The number of carboxylic acid groups (broad SMARTS) is 1. The highest BCUT2D eigenvalue weighted by Gasteiger charge is 2.53. The summed E-state index contributed by atoms with van der Waals surface area (Å²) in [6.45, 7) is 2.84. The smallest absolute Gasteiger partial charge is 0.360 e. The van der Waals surface area contributed by atoms with Crippen LogP contribution < -0.4 is 20.6 Å². The third kappa shape index (κ3) is 8.70. The molecular formula is C41H44N2O23S-2. The molecule has 0 radical (unpaired) electrons. The van der Waals surface area contributed by atoms with E-state index in [9.17, 15) is 78.1 Å². The molecule has 2 unspecified atom stereocenters. The van der Waals surface area contributed by atoms with Crippen molar-refractivity contribution in [2.75, 3.05) is 20.8 Å². The van der Waals surface area contributed by atoms with E-state index in [0.29, 0.717) is 0 Å². The molecular weight excluding hydrogens is 921 g/mol.